The van der Waals surface area contributed by atoms with Crippen LogP contribution in [0.3, 0.4) is 0 Å². The van der Waals surface area contributed by atoms with Crippen LogP contribution in [0.4, 0.5) is 0 Å². The molecule has 1 atom stereocenters. The summed E-state index contributed by atoms with van der Waals surface area (Å²) in [6.07, 6.45) is 2.60. The summed E-state index contributed by atoms with van der Waals surface area (Å²) in [7, 11) is 3.26. The maximum absolute atomic E-state index is 6.20. The van der Waals surface area contributed by atoms with Crippen molar-refractivity contribution in [3.8, 4) is 11.5 Å². The number of aryl methyl sites for hydroxylation is 1. The quantitative estimate of drug-likeness (QED) is 0.913. The highest BCUT2D eigenvalue weighted by Gasteiger charge is 2.12. The Kier molecular flexibility index (Phi) is 4.39. The van der Waals surface area contributed by atoms with Gasteiger partial charge >= 0.3 is 0 Å². The maximum Gasteiger partial charge on any atom is 0.160 e. The monoisotopic (exact) mass is 278 g/mol. The molecule has 0 bridgehead atoms. The van der Waals surface area contributed by atoms with Gasteiger partial charge < -0.3 is 15.2 Å². The lowest BCUT2D eigenvalue weighted by Crippen LogP contribution is -2.11. The average Bonchev–Trinajstić information content (AvgIpc) is 2.85. The van der Waals surface area contributed by atoms with Gasteiger partial charge in [-0.15, -0.1) is 11.3 Å². The van der Waals surface area contributed by atoms with Crippen LogP contribution in [0.25, 0.3) is 0 Å². The van der Waals surface area contributed by atoms with Gasteiger partial charge in [-0.2, -0.15) is 0 Å². The lowest BCUT2D eigenvalue weighted by atomic mass is 10.1. The lowest BCUT2D eigenvalue weighted by molar-refractivity contribution is 0.354. The third-order valence-electron chi connectivity index (χ3n) is 2.91. The zero-order chi connectivity index (χ0) is 13.8. The molecule has 0 fully saturated rings. The van der Waals surface area contributed by atoms with E-state index in [0.717, 1.165) is 33.4 Å². The number of rotatable bonds is 5. The highest BCUT2D eigenvalue weighted by molar-refractivity contribution is 7.11. The Labute approximate surface area is 117 Å². The first-order valence-corrected chi connectivity index (χ1v) is 6.84. The summed E-state index contributed by atoms with van der Waals surface area (Å²) in [6, 6.07) is 5.84. The van der Waals surface area contributed by atoms with Gasteiger partial charge in [0.2, 0.25) is 0 Å². The van der Waals surface area contributed by atoms with Gasteiger partial charge in [0.1, 0.15) is 0 Å². The molecule has 102 valence electrons. The molecule has 2 rings (SSSR count). The zero-order valence-electron chi connectivity index (χ0n) is 11.3. The van der Waals surface area contributed by atoms with E-state index in [4.69, 9.17) is 15.2 Å². The summed E-state index contributed by atoms with van der Waals surface area (Å²) in [5.41, 5.74) is 7.32. The van der Waals surface area contributed by atoms with Crippen LogP contribution in [-0.2, 0) is 6.42 Å². The van der Waals surface area contributed by atoms with Crippen LogP contribution in [0.1, 0.15) is 21.5 Å². The molecule has 0 aliphatic rings. The fraction of sp³-hybridized carbons (Fsp3) is 0.357. The molecule has 19 heavy (non-hydrogen) atoms. The van der Waals surface area contributed by atoms with E-state index in [-0.39, 0.29) is 6.04 Å². The largest absolute Gasteiger partial charge is 0.493 e. The summed E-state index contributed by atoms with van der Waals surface area (Å²) in [5, 5.41) is 1.04. The topological polar surface area (TPSA) is 57.4 Å². The predicted octanol–water partition coefficient (Wildman–Crippen LogP) is 2.71. The normalized spacial score (nSPS) is 12.2. The molecule has 1 aromatic carbocycles. The van der Waals surface area contributed by atoms with E-state index in [1.54, 1.807) is 25.6 Å². The van der Waals surface area contributed by atoms with Crippen LogP contribution in [0, 0.1) is 6.92 Å². The van der Waals surface area contributed by atoms with E-state index in [1.807, 2.05) is 31.3 Å². The van der Waals surface area contributed by atoms with E-state index >= 15 is 0 Å². The molecular weight excluding hydrogens is 260 g/mol. The first-order chi connectivity index (χ1) is 9.13. The average molecular weight is 278 g/mol. The minimum atomic E-state index is -0.0377. The number of benzene rings is 1. The summed E-state index contributed by atoms with van der Waals surface area (Å²) in [5.74, 6) is 1.46. The molecule has 2 N–H and O–H groups in total. The van der Waals surface area contributed by atoms with Gasteiger partial charge in [-0.3, -0.25) is 0 Å². The molecule has 1 unspecified atom stereocenters. The number of hydrogen-bond acceptors (Lipinski definition) is 5. The van der Waals surface area contributed by atoms with Crippen molar-refractivity contribution in [2.24, 2.45) is 5.73 Å². The summed E-state index contributed by atoms with van der Waals surface area (Å²) >= 11 is 1.64. The minimum Gasteiger partial charge on any atom is -0.493 e. The van der Waals surface area contributed by atoms with E-state index in [0.29, 0.717) is 0 Å². The van der Waals surface area contributed by atoms with Gasteiger partial charge in [0.15, 0.2) is 11.5 Å². The van der Waals surface area contributed by atoms with Crippen molar-refractivity contribution in [2.75, 3.05) is 14.2 Å². The molecule has 0 spiro atoms. The second-order valence-corrected chi connectivity index (χ2v) is 5.55. The number of hydrogen-bond donors (Lipinski definition) is 1. The molecule has 0 radical (unpaired) electrons. The molecule has 2 aromatic rings. The SMILES string of the molecule is COc1ccc(CC(N)c2cnc(C)s2)cc1OC. The number of ether oxygens (including phenoxy) is 2. The highest BCUT2D eigenvalue weighted by atomic mass is 32.1. The van der Waals surface area contributed by atoms with Gasteiger partial charge in [-0.25, -0.2) is 4.98 Å². The summed E-state index contributed by atoms with van der Waals surface area (Å²) < 4.78 is 10.5. The maximum atomic E-state index is 6.20. The second-order valence-electron chi connectivity index (χ2n) is 4.28. The van der Waals surface area contributed by atoms with E-state index in [9.17, 15) is 0 Å². The fourth-order valence-electron chi connectivity index (χ4n) is 1.91. The Morgan fingerprint density at radius 3 is 2.58 bits per heavy atom. The number of methoxy groups -OCH3 is 2. The van der Waals surface area contributed by atoms with Crippen LogP contribution < -0.4 is 15.2 Å². The molecule has 1 heterocycles. The Balaban J connectivity index is 2.14. The molecule has 0 saturated heterocycles. The Morgan fingerprint density at radius 2 is 2.00 bits per heavy atom. The molecular formula is C14H18N2O2S. The van der Waals surface area contributed by atoms with Gasteiger partial charge in [0.05, 0.1) is 19.2 Å². The van der Waals surface area contributed by atoms with Crippen LogP contribution in [0.5, 0.6) is 11.5 Å². The molecule has 0 aliphatic carbocycles. The standard InChI is InChI=1S/C14H18N2O2S/c1-9-16-8-14(19-9)11(15)6-10-4-5-12(17-2)13(7-10)18-3/h4-5,7-8,11H,6,15H2,1-3H3. The summed E-state index contributed by atoms with van der Waals surface area (Å²) in [6.45, 7) is 1.98. The van der Waals surface area contributed by atoms with Crippen LogP contribution in [0.15, 0.2) is 24.4 Å². The second kappa shape index (κ2) is 6.04. The van der Waals surface area contributed by atoms with E-state index < -0.39 is 0 Å². The van der Waals surface area contributed by atoms with Crippen LogP contribution in [0.2, 0.25) is 0 Å². The third kappa shape index (κ3) is 3.24. The molecule has 0 amide bonds. The van der Waals surface area contributed by atoms with Crippen molar-refractivity contribution in [1.82, 2.24) is 4.98 Å². The Bertz CT molecular complexity index is 554. The number of nitrogens with two attached hydrogens (primary N) is 1. The highest BCUT2D eigenvalue weighted by Crippen LogP contribution is 2.29. The Morgan fingerprint density at radius 1 is 1.26 bits per heavy atom. The van der Waals surface area contributed by atoms with Gasteiger partial charge in [-0.05, 0) is 31.0 Å². The van der Waals surface area contributed by atoms with E-state index in [2.05, 4.69) is 4.98 Å². The van der Waals surface area contributed by atoms with Gasteiger partial charge in [-0.1, -0.05) is 6.07 Å². The first kappa shape index (κ1) is 13.8. The predicted molar refractivity (Wildman–Crippen MR) is 77.0 cm³/mol. The van der Waals surface area contributed by atoms with Gasteiger partial charge in [0, 0.05) is 17.1 Å². The first-order valence-electron chi connectivity index (χ1n) is 6.03. The third-order valence-corrected chi connectivity index (χ3v) is 3.95. The molecule has 0 saturated carbocycles. The zero-order valence-corrected chi connectivity index (χ0v) is 12.2. The number of thiazole rings is 1. The molecule has 4 nitrogen and oxygen atoms in total. The summed E-state index contributed by atoms with van der Waals surface area (Å²) in [4.78, 5) is 5.34. The minimum absolute atomic E-state index is 0.0377. The van der Waals surface area contributed by atoms with Gasteiger partial charge in [0.25, 0.3) is 0 Å². The van der Waals surface area contributed by atoms with Crippen molar-refractivity contribution in [3.05, 3.63) is 39.8 Å². The van der Waals surface area contributed by atoms with Crippen molar-refractivity contribution < 1.29 is 9.47 Å². The van der Waals surface area contributed by atoms with Crippen molar-refractivity contribution in [3.63, 3.8) is 0 Å². The van der Waals surface area contributed by atoms with Crippen LogP contribution in [-0.4, -0.2) is 19.2 Å². The molecule has 5 heteroatoms. The smallest absolute Gasteiger partial charge is 0.160 e. The molecule has 0 aliphatic heterocycles. The van der Waals surface area contributed by atoms with E-state index in [1.165, 1.54) is 0 Å². The van der Waals surface area contributed by atoms with Crippen molar-refractivity contribution in [2.45, 2.75) is 19.4 Å². The van der Waals surface area contributed by atoms with Crippen molar-refractivity contribution in [1.29, 1.82) is 0 Å². The van der Waals surface area contributed by atoms with Crippen molar-refractivity contribution >= 4 is 11.3 Å². The fourth-order valence-corrected chi connectivity index (χ4v) is 2.70. The lowest BCUT2D eigenvalue weighted by Gasteiger charge is -2.12. The van der Waals surface area contributed by atoms with Crippen LogP contribution >= 0.6 is 11.3 Å². The Hall–Kier alpha value is -1.59. The number of nitrogens with zero attached hydrogens (tertiary/aromatic N) is 1. The number of aromatic nitrogens is 1. The molecule has 1 aromatic heterocycles.